The fourth-order valence-electron chi connectivity index (χ4n) is 1.46. The van der Waals surface area contributed by atoms with Crippen LogP contribution in [0.1, 0.15) is 30.0 Å². The number of amides is 1. The van der Waals surface area contributed by atoms with Crippen LogP contribution in [0, 0.1) is 0 Å². The molecule has 0 fully saturated rings. The zero-order chi connectivity index (χ0) is 13.5. The number of carbonyl (C=O) groups is 1. The molecule has 0 saturated heterocycles. The first-order valence-electron chi connectivity index (χ1n) is 5.91. The Kier molecular flexibility index (Phi) is 5.84. The summed E-state index contributed by atoms with van der Waals surface area (Å²) in [6.07, 6.45) is 1.64. The molecule has 1 aromatic heterocycles. The third-order valence-corrected chi connectivity index (χ3v) is 2.40. The number of nitrogens with two attached hydrogens (primary N) is 1. The Morgan fingerprint density at radius 1 is 1.61 bits per heavy atom. The number of ether oxygens (including phenoxy) is 1. The van der Waals surface area contributed by atoms with Crippen LogP contribution < -0.4 is 11.3 Å². The molecular weight excluding hydrogens is 234 g/mol. The minimum atomic E-state index is -0.351. The predicted molar refractivity (Wildman–Crippen MR) is 67.8 cm³/mol. The molecule has 0 atom stereocenters. The van der Waals surface area contributed by atoms with Crippen LogP contribution in [0.5, 0.6) is 0 Å². The lowest BCUT2D eigenvalue weighted by atomic mass is 10.3. The van der Waals surface area contributed by atoms with Gasteiger partial charge in [0, 0.05) is 6.54 Å². The smallest absolute Gasteiger partial charge is 0.268 e. The maximum atomic E-state index is 11.2. The summed E-state index contributed by atoms with van der Waals surface area (Å²) in [6, 6.07) is 1.68. The van der Waals surface area contributed by atoms with Crippen LogP contribution in [-0.4, -0.2) is 37.1 Å². The average Bonchev–Trinajstić information content (AvgIpc) is 2.76. The first-order valence-corrected chi connectivity index (χ1v) is 5.91. The Morgan fingerprint density at radius 2 is 2.33 bits per heavy atom. The molecule has 102 valence electrons. The third-order valence-electron chi connectivity index (χ3n) is 2.40. The van der Waals surface area contributed by atoms with Gasteiger partial charge in [-0.3, -0.25) is 15.1 Å². The van der Waals surface area contributed by atoms with Gasteiger partial charge in [0.25, 0.3) is 5.91 Å². The van der Waals surface area contributed by atoms with Crippen molar-refractivity contribution in [1.29, 1.82) is 0 Å². The Bertz CT molecular complexity index is 376. The average molecular weight is 255 g/mol. The van der Waals surface area contributed by atoms with E-state index in [1.807, 2.05) is 20.9 Å². The van der Waals surface area contributed by atoms with E-state index in [1.165, 1.54) is 6.26 Å². The largest absolute Gasteiger partial charge is 0.467 e. The van der Waals surface area contributed by atoms with E-state index >= 15 is 0 Å². The van der Waals surface area contributed by atoms with Crippen molar-refractivity contribution in [3.8, 4) is 0 Å². The molecule has 1 amide bonds. The summed E-state index contributed by atoms with van der Waals surface area (Å²) in [6.45, 7) is 6.11. The molecule has 0 saturated carbocycles. The predicted octanol–water partition coefficient (Wildman–Crippen LogP) is 0.740. The van der Waals surface area contributed by atoms with Gasteiger partial charge >= 0.3 is 0 Å². The minimum Gasteiger partial charge on any atom is -0.467 e. The minimum absolute atomic E-state index is 0.238. The van der Waals surface area contributed by atoms with Crippen LogP contribution in [0.15, 0.2) is 16.7 Å². The van der Waals surface area contributed by atoms with Gasteiger partial charge in [0.15, 0.2) is 0 Å². The van der Waals surface area contributed by atoms with E-state index in [-0.39, 0.29) is 12.0 Å². The van der Waals surface area contributed by atoms with E-state index in [1.54, 1.807) is 6.07 Å². The van der Waals surface area contributed by atoms with E-state index in [0.29, 0.717) is 18.7 Å². The molecule has 0 spiro atoms. The molecule has 1 rings (SSSR count). The Hall–Kier alpha value is -1.37. The number of furan rings is 1. The summed E-state index contributed by atoms with van der Waals surface area (Å²) in [4.78, 5) is 13.3. The third kappa shape index (κ3) is 4.87. The molecule has 3 N–H and O–H groups in total. The van der Waals surface area contributed by atoms with Gasteiger partial charge in [-0.15, -0.1) is 0 Å². The monoisotopic (exact) mass is 255 g/mol. The van der Waals surface area contributed by atoms with Gasteiger partial charge in [-0.2, -0.15) is 0 Å². The summed E-state index contributed by atoms with van der Waals surface area (Å²) in [7, 11) is 1.97. The molecule has 0 aliphatic carbocycles. The number of hydrazine groups is 1. The first kappa shape index (κ1) is 14.7. The summed E-state index contributed by atoms with van der Waals surface area (Å²) in [5, 5.41) is 0. The normalized spacial score (nSPS) is 11.2. The maximum Gasteiger partial charge on any atom is 0.268 e. The van der Waals surface area contributed by atoms with Crippen molar-refractivity contribution in [3.05, 3.63) is 23.7 Å². The van der Waals surface area contributed by atoms with Gasteiger partial charge in [-0.25, -0.2) is 5.84 Å². The lowest BCUT2D eigenvalue weighted by Crippen LogP contribution is -2.29. The van der Waals surface area contributed by atoms with Crippen molar-refractivity contribution < 1.29 is 13.9 Å². The van der Waals surface area contributed by atoms with Crippen molar-refractivity contribution in [2.45, 2.75) is 26.5 Å². The van der Waals surface area contributed by atoms with E-state index in [4.69, 9.17) is 15.0 Å². The van der Waals surface area contributed by atoms with Crippen molar-refractivity contribution in [1.82, 2.24) is 10.3 Å². The standard InChI is InChI=1S/C12H21N3O3/c1-9(2)17-5-4-15(3)7-11-6-10(8-18-11)12(16)14-13/h6,8-9H,4-5,7,13H2,1-3H3,(H,14,16). The highest BCUT2D eigenvalue weighted by Gasteiger charge is 2.10. The van der Waals surface area contributed by atoms with Gasteiger partial charge in [-0.1, -0.05) is 0 Å². The second-order valence-electron chi connectivity index (χ2n) is 4.43. The summed E-state index contributed by atoms with van der Waals surface area (Å²) in [5.41, 5.74) is 2.49. The van der Waals surface area contributed by atoms with Crippen LogP contribution in [0.2, 0.25) is 0 Å². The Labute approximate surface area is 107 Å². The van der Waals surface area contributed by atoms with Crippen molar-refractivity contribution >= 4 is 5.91 Å². The number of likely N-dealkylation sites (N-methyl/N-ethyl adjacent to an activating group) is 1. The number of nitrogens with zero attached hydrogens (tertiary/aromatic N) is 1. The molecular formula is C12H21N3O3. The molecule has 1 heterocycles. The second-order valence-corrected chi connectivity index (χ2v) is 4.43. The molecule has 0 aliphatic heterocycles. The van der Waals surface area contributed by atoms with Gasteiger partial charge in [0.2, 0.25) is 0 Å². The number of nitrogens with one attached hydrogen (secondary N) is 1. The Balaban J connectivity index is 2.37. The van der Waals surface area contributed by atoms with Gasteiger partial charge < -0.3 is 9.15 Å². The molecule has 0 bridgehead atoms. The van der Waals surface area contributed by atoms with Gasteiger partial charge in [0.05, 0.1) is 24.8 Å². The summed E-state index contributed by atoms with van der Waals surface area (Å²) < 4.78 is 10.7. The number of hydrogen-bond donors (Lipinski definition) is 2. The van der Waals surface area contributed by atoms with Crippen LogP contribution in [0.25, 0.3) is 0 Å². The number of carbonyl (C=O) groups excluding carboxylic acids is 1. The van der Waals surface area contributed by atoms with Crippen LogP contribution in [0.4, 0.5) is 0 Å². The highest BCUT2D eigenvalue weighted by atomic mass is 16.5. The first-order chi connectivity index (χ1) is 8.52. The zero-order valence-corrected chi connectivity index (χ0v) is 11.1. The fourth-order valence-corrected chi connectivity index (χ4v) is 1.46. The highest BCUT2D eigenvalue weighted by molar-refractivity contribution is 5.93. The van der Waals surface area contributed by atoms with E-state index in [9.17, 15) is 4.79 Å². The van der Waals surface area contributed by atoms with Crippen molar-refractivity contribution in [3.63, 3.8) is 0 Å². The molecule has 18 heavy (non-hydrogen) atoms. The number of rotatable bonds is 7. The fraction of sp³-hybridized carbons (Fsp3) is 0.583. The topological polar surface area (TPSA) is 80.7 Å². The lowest BCUT2D eigenvalue weighted by molar-refractivity contribution is 0.0616. The second kappa shape index (κ2) is 7.15. The van der Waals surface area contributed by atoms with Crippen LogP contribution in [-0.2, 0) is 11.3 Å². The van der Waals surface area contributed by atoms with Gasteiger partial charge in [-0.05, 0) is 27.0 Å². The number of nitrogen functional groups attached to an aromatic ring is 1. The molecule has 0 radical (unpaired) electrons. The lowest BCUT2D eigenvalue weighted by Gasteiger charge is -2.16. The quantitative estimate of drug-likeness (QED) is 0.427. The van der Waals surface area contributed by atoms with Gasteiger partial charge in [0.1, 0.15) is 12.0 Å². The molecule has 0 unspecified atom stereocenters. The molecule has 0 aromatic carbocycles. The SMILES string of the molecule is CC(C)OCCN(C)Cc1cc(C(=O)NN)co1. The maximum absolute atomic E-state index is 11.2. The van der Waals surface area contributed by atoms with Crippen LogP contribution in [0.3, 0.4) is 0 Å². The molecule has 0 aliphatic rings. The molecule has 6 nitrogen and oxygen atoms in total. The highest BCUT2D eigenvalue weighted by Crippen LogP contribution is 2.09. The van der Waals surface area contributed by atoms with Crippen molar-refractivity contribution in [2.24, 2.45) is 5.84 Å². The summed E-state index contributed by atoms with van der Waals surface area (Å²) in [5.74, 6) is 5.41. The van der Waals surface area contributed by atoms with E-state index in [2.05, 4.69) is 10.3 Å². The number of hydrogen-bond acceptors (Lipinski definition) is 5. The zero-order valence-electron chi connectivity index (χ0n) is 11.1. The molecule has 1 aromatic rings. The Morgan fingerprint density at radius 3 is 2.94 bits per heavy atom. The van der Waals surface area contributed by atoms with E-state index < -0.39 is 0 Å². The van der Waals surface area contributed by atoms with Crippen LogP contribution >= 0.6 is 0 Å². The van der Waals surface area contributed by atoms with E-state index in [0.717, 1.165) is 12.3 Å². The van der Waals surface area contributed by atoms with Crippen molar-refractivity contribution in [2.75, 3.05) is 20.2 Å². The molecule has 6 heteroatoms. The summed E-state index contributed by atoms with van der Waals surface area (Å²) >= 11 is 0.